The van der Waals surface area contributed by atoms with Gasteiger partial charge in [-0.15, -0.1) is 0 Å². The molecule has 0 heterocycles. The number of carbonyl (C=O) groups is 1. The predicted octanol–water partition coefficient (Wildman–Crippen LogP) is 3.60. The van der Waals surface area contributed by atoms with E-state index in [2.05, 4.69) is 10.0 Å². The number of aryl methyl sites for hydroxylation is 1. The minimum absolute atomic E-state index is 0.110. The molecule has 2 aromatic carbocycles. The largest absolute Gasteiger partial charge is 0.495 e. The maximum Gasteiger partial charge on any atom is 0.242 e. The normalized spacial score (nSPS) is 12.7. The number of anilines is 1. The Labute approximate surface area is 164 Å². The SMILES string of the molecule is COc1ccc(NC(=O)[C@@H](NS(=O)(=O)c2ccc(C)cc2)C(C)C)cc1Cl. The van der Waals surface area contributed by atoms with Crippen molar-refractivity contribution in [3.63, 3.8) is 0 Å². The van der Waals surface area contributed by atoms with E-state index in [1.54, 1.807) is 44.2 Å². The first-order valence-electron chi connectivity index (χ1n) is 8.37. The van der Waals surface area contributed by atoms with Gasteiger partial charge in [0.1, 0.15) is 11.8 Å². The Morgan fingerprint density at radius 1 is 1.11 bits per heavy atom. The highest BCUT2D eigenvalue weighted by atomic mass is 35.5. The fraction of sp³-hybridized carbons (Fsp3) is 0.316. The number of hydrogen-bond acceptors (Lipinski definition) is 4. The van der Waals surface area contributed by atoms with Gasteiger partial charge >= 0.3 is 0 Å². The predicted molar refractivity (Wildman–Crippen MR) is 107 cm³/mol. The van der Waals surface area contributed by atoms with Gasteiger partial charge < -0.3 is 10.1 Å². The average molecular weight is 411 g/mol. The highest BCUT2D eigenvalue weighted by Crippen LogP contribution is 2.27. The van der Waals surface area contributed by atoms with Gasteiger partial charge in [-0.25, -0.2) is 8.42 Å². The lowest BCUT2D eigenvalue weighted by molar-refractivity contribution is -0.118. The Morgan fingerprint density at radius 2 is 1.74 bits per heavy atom. The molecule has 0 aliphatic rings. The molecule has 0 aliphatic heterocycles. The Hall–Kier alpha value is -2.09. The molecule has 0 spiro atoms. The Kier molecular flexibility index (Phi) is 6.86. The van der Waals surface area contributed by atoms with Gasteiger partial charge in [0.05, 0.1) is 17.0 Å². The molecular formula is C19H23ClN2O4S. The van der Waals surface area contributed by atoms with E-state index in [1.165, 1.54) is 19.2 Å². The van der Waals surface area contributed by atoms with Crippen LogP contribution in [0.5, 0.6) is 5.75 Å². The topological polar surface area (TPSA) is 84.5 Å². The fourth-order valence-corrected chi connectivity index (χ4v) is 4.01. The molecule has 8 heteroatoms. The number of halogens is 1. The zero-order valence-electron chi connectivity index (χ0n) is 15.6. The van der Waals surface area contributed by atoms with Crippen molar-refractivity contribution in [2.75, 3.05) is 12.4 Å². The number of nitrogens with one attached hydrogen (secondary N) is 2. The zero-order valence-corrected chi connectivity index (χ0v) is 17.2. The van der Waals surface area contributed by atoms with Crippen LogP contribution in [-0.4, -0.2) is 27.5 Å². The van der Waals surface area contributed by atoms with Crippen molar-refractivity contribution in [3.8, 4) is 5.75 Å². The zero-order chi connectivity index (χ0) is 20.2. The van der Waals surface area contributed by atoms with E-state index in [1.807, 2.05) is 6.92 Å². The van der Waals surface area contributed by atoms with Crippen LogP contribution in [0, 0.1) is 12.8 Å². The van der Waals surface area contributed by atoms with Crippen molar-refractivity contribution in [2.24, 2.45) is 5.92 Å². The number of carbonyl (C=O) groups excluding carboxylic acids is 1. The van der Waals surface area contributed by atoms with Crippen LogP contribution in [0.25, 0.3) is 0 Å². The minimum Gasteiger partial charge on any atom is -0.495 e. The molecular weight excluding hydrogens is 388 g/mol. The second-order valence-corrected chi connectivity index (χ2v) is 8.62. The van der Waals surface area contributed by atoms with Crippen LogP contribution in [0.2, 0.25) is 5.02 Å². The van der Waals surface area contributed by atoms with Gasteiger partial charge in [0.25, 0.3) is 0 Å². The molecule has 1 amide bonds. The number of benzene rings is 2. The number of sulfonamides is 1. The Morgan fingerprint density at radius 3 is 2.26 bits per heavy atom. The summed E-state index contributed by atoms with van der Waals surface area (Å²) < 4.78 is 32.8. The van der Waals surface area contributed by atoms with E-state index in [4.69, 9.17) is 16.3 Å². The van der Waals surface area contributed by atoms with Crippen molar-refractivity contribution < 1.29 is 17.9 Å². The van der Waals surface area contributed by atoms with Crippen LogP contribution in [0.4, 0.5) is 5.69 Å². The summed E-state index contributed by atoms with van der Waals surface area (Å²) in [6.45, 7) is 5.40. The molecule has 27 heavy (non-hydrogen) atoms. The molecule has 1 atom stereocenters. The molecule has 6 nitrogen and oxygen atoms in total. The van der Waals surface area contributed by atoms with Gasteiger partial charge in [0.2, 0.25) is 15.9 Å². The molecule has 0 aliphatic carbocycles. The summed E-state index contributed by atoms with van der Waals surface area (Å²) in [6, 6.07) is 10.3. The first-order chi connectivity index (χ1) is 12.6. The van der Waals surface area contributed by atoms with Crippen molar-refractivity contribution in [3.05, 3.63) is 53.1 Å². The maximum atomic E-state index is 12.7. The molecule has 0 unspecified atom stereocenters. The van der Waals surface area contributed by atoms with E-state index in [0.717, 1.165) is 5.56 Å². The monoisotopic (exact) mass is 410 g/mol. The van der Waals surface area contributed by atoms with E-state index >= 15 is 0 Å². The lowest BCUT2D eigenvalue weighted by atomic mass is 10.0. The van der Waals surface area contributed by atoms with Crippen LogP contribution in [0.1, 0.15) is 19.4 Å². The Balaban J connectivity index is 2.20. The summed E-state index contributed by atoms with van der Waals surface area (Å²) in [5.41, 5.74) is 1.40. The summed E-state index contributed by atoms with van der Waals surface area (Å²) in [5.74, 6) is -0.254. The smallest absolute Gasteiger partial charge is 0.242 e. The third-order valence-electron chi connectivity index (χ3n) is 3.98. The first kappa shape index (κ1) is 21.2. The molecule has 2 aromatic rings. The van der Waals surface area contributed by atoms with Crippen molar-refractivity contribution in [1.82, 2.24) is 4.72 Å². The van der Waals surface area contributed by atoms with Crippen LogP contribution in [0.3, 0.4) is 0 Å². The lowest BCUT2D eigenvalue weighted by Crippen LogP contribution is -2.47. The van der Waals surface area contributed by atoms with Crippen molar-refractivity contribution in [1.29, 1.82) is 0 Å². The summed E-state index contributed by atoms with van der Waals surface area (Å²) in [5, 5.41) is 3.04. The number of hydrogen-bond donors (Lipinski definition) is 2. The van der Waals surface area contributed by atoms with Gasteiger partial charge in [-0.1, -0.05) is 43.1 Å². The van der Waals surface area contributed by atoms with Gasteiger partial charge in [-0.3, -0.25) is 4.79 Å². The van der Waals surface area contributed by atoms with Gasteiger partial charge in [0.15, 0.2) is 0 Å². The van der Waals surface area contributed by atoms with E-state index in [0.29, 0.717) is 16.5 Å². The summed E-state index contributed by atoms with van der Waals surface area (Å²) in [6.07, 6.45) is 0. The molecule has 2 rings (SSSR count). The lowest BCUT2D eigenvalue weighted by Gasteiger charge is -2.22. The van der Waals surface area contributed by atoms with E-state index in [9.17, 15) is 13.2 Å². The standard InChI is InChI=1S/C19H23ClN2O4S/c1-12(2)18(22-27(24,25)15-8-5-13(3)6-9-15)19(23)21-14-7-10-17(26-4)16(20)11-14/h5-12,18,22H,1-4H3,(H,21,23)/t18-/m0/s1. The van der Waals surface area contributed by atoms with E-state index in [-0.39, 0.29) is 10.8 Å². The summed E-state index contributed by atoms with van der Waals surface area (Å²) in [7, 11) is -2.34. The molecule has 2 N–H and O–H groups in total. The van der Waals surface area contributed by atoms with Crippen molar-refractivity contribution >= 4 is 33.2 Å². The second-order valence-electron chi connectivity index (χ2n) is 6.49. The second kappa shape index (κ2) is 8.73. The molecule has 0 aromatic heterocycles. The molecule has 0 radical (unpaired) electrons. The number of methoxy groups -OCH3 is 1. The summed E-state index contributed by atoms with van der Waals surface area (Å²) >= 11 is 6.07. The van der Waals surface area contributed by atoms with Crippen LogP contribution in [0.15, 0.2) is 47.4 Å². The fourth-order valence-electron chi connectivity index (χ4n) is 2.41. The van der Waals surface area contributed by atoms with Gasteiger partial charge in [-0.2, -0.15) is 4.72 Å². The van der Waals surface area contributed by atoms with Crippen molar-refractivity contribution in [2.45, 2.75) is 31.7 Å². The van der Waals surface area contributed by atoms with Gasteiger partial charge in [0, 0.05) is 5.69 Å². The number of rotatable bonds is 7. The van der Waals surface area contributed by atoms with Gasteiger partial charge in [-0.05, 0) is 43.2 Å². The molecule has 0 bridgehead atoms. The number of ether oxygens (including phenoxy) is 1. The van der Waals surface area contributed by atoms with E-state index < -0.39 is 22.0 Å². The van der Waals surface area contributed by atoms with Crippen LogP contribution >= 0.6 is 11.6 Å². The maximum absolute atomic E-state index is 12.7. The highest BCUT2D eigenvalue weighted by Gasteiger charge is 2.28. The first-order valence-corrected chi connectivity index (χ1v) is 10.2. The average Bonchev–Trinajstić information content (AvgIpc) is 2.60. The summed E-state index contributed by atoms with van der Waals surface area (Å²) in [4.78, 5) is 12.8. The third-order valence-corrected chi connectivity index (χ3v) is 5.73. The van der Waals surface area contributed by atoms with Crippen LogP contribution in [-0.2, 0) is 14.8 Å². The molecule has 0 fully saturated rings. The third kappa shape index (κ3) is 5.45. The minimum atomic E-state index is -3.83. The quantitative estimate of drug-likeness (QED) is 0.730. The Bertz CT molecular complexity index is 912. The molecule has 0 saturated heterocycles. The molecule has 146 valence electrons. The highest BCUT2D eigenvalue weighted by molar-refractivity contribution is 7.89. The molecule has 0 saturated carbocycles. The van der Waals surface area contributed by atoms with Crippen LogP contribution < -0.4 is 14.8 Å². The number of amides is 1.